The largest absolute Gasteiger partial charge is 0.399 e. The quantitative estimate of drug-likeness (QED) is 0.679. The van der Waals surface area contributed by atoms with Crippen LogP contribution in [0.15, 0.2) is 36.7 Å². The number of nitrogens with two attached hydrogens (primary N) is 2. The molecule has 2 aromatic heterocycles. The van der Waals surface area contributed by atoms with E-state index in [1.165, 1.54) is 5.69 Å². The summed E-state index contributed by atoms with van der Waals surface area (Å²) in [6, 6.07) is 10.1. The second-order valence-electron chi connectivity index (χ2n) is 8.44. The van der Waals surface area contributed by atoms with Crippen LogP contribution in [0, 0.1) is 0 Å². The molecule has 0 amide bonds. The van der Waals surface area contributed by atoms with Gasteiger partial charge in [-0.15, -0.1) is 0 Å². The van der Waals surface area contributed by atoms with Crippen molar-refractivity contribution in [3.8, 4) is 11.1 Å². The summed E-state index contributed by atoms with van der Waals surface area (Å²) in [5.74, 6) is 0.975. The van der Waals surface area contributed by atoms with Crippen LogP contribution in [0.2, 0.25) is 0 Å². The molecule has 0 spiro atoms. The third-order valence-electron chi connectivity index (χ3n) is 5.69. The Morgan fingerprint density at radius 3 is 2.33 bits per heavy atom. The van der Waals surface area contributed by atoms with Crippen molar-refractivity contribution in [3.63, 3.8) is 0 Å². The molecule has 142 valence electrons. The van der Waals surface area contributed by atoms with Crippen LogP contribution < -0.4 is 11.5 Å². The number of benzene rings is 1. The summed E-state index contributed by atoms with van der Waals surface area (Å²) < 4.78 is 1.99. The summed E-state index contributed by atoms with van der Waals surface area (Å²) in [5.41, 5.74) is 17.3. The molecule has 27 heavy (non-hydrogen) atoms. The third kappa shape index (κ3) is 3.25. The van der Waals surface area contributed by atoms with Crippen molar-refractivity contribution in [2.24, 2.45) is 0 Å². The minimum Gasteiger partial charge on any atom is -0.399 e. The molecule has 0 unspecified atom stereocenters. The first-order valence-corrected chi connectivity index (χ1v) is 9.57. The zero-order valence-corrected chi connectivity index (χ0v) is 16.3. The van der Waals surface area contributed by atoms with E-state index in [2.05, 4.69) is 41.8 Å². The molecule has 3 aromatic rings. The van der Waals surface area contributed by atoms with Gasteiger partial charge in [0.25, 0.3) is 0 Å². The van der Waals surface area contributed by atoms with E-state index in [1.807, 2.05) is 28.8 Å². The van der Waals surface area contributed by atoms with Crippen molar-refractivity contribution in [3.05, 3.63) is 42.4 Å². The van der Waals surface area contributed by atoms with Crippen molar-refractivity contribution in [2.45, 2.75) is 45.1 Å². The maximum Gasteiger partial charge on any atom is 0.151 e. The van der Waals surface area contributed by atoms with Crippen LogP contribution in [0.3, 0.4) is 0 Å². The van der Waals surface area contributed by atoms with E-state index in [0.717, 1.165) is 48.3 Å². The Labute approximate surface area is 160 Å². The highest BCUT2D eigenvalue weighted by Crippen LogP contribution is 2.37. The maximum absolute atomic E-state index is 6.24. The van der Waals surface area contributed by atoms with E-state index in [9.17, 15) is 0 Å². The lowest BCUT2D eigenvalue weighted by Gasteiger charge is -2.40. The smallest absolute Gasteiger partial charge is 0.151 e. The van der Waals surface area contributed by atoms with Crippen LogP contribution in [0.5, 0.6) is 0 Å². The van der Waals surface area contributed by atoms with Crippen LogP contribution in [0.25, 0.3) is 16.6 Å². The van der Waals surface area contributed by atoms with E-state index in [-0.39, 0.29) is 5.54 Å². The topological polar surface area (TPSA) is 85.5 Å². The van der Waals surface area contributed by atoms with Crippen LogP contribution in [-0.4, -0.2) is 38.1 Å². The monoisotopic (exact) mass is 364 g/mol. The Kier molecular flexibility index (Phi) is 4.30. The SMILES string of the molecule is CC(C)(C)N1CCC(c2cc(-c3ccc(N)cc3)c3c(N)ncnn23)CC1. The molecule has 1 aromatic carbocycles. The molecule has 1 saturated heterocycles. The van der Waals surface area contributed by atoms with E-state index in [0.29, 0.717) is 11.7 Å². The van der Waals surface area contributed by atoms with Crippen molar-refractivity contribution in [2.75, 3.05) is 24.6 Å². The lowest BCUT2D eigenvalue weighted by atomic mass is 9.90. The molecule has 4 N–H and O–H groups in total. The average molecular weight is 364 g/mol. The number of likely N-dealkylation sites (tertiary alicyclic amines) is 1. The highest BCUT2D eigenvalue weighted by atomic mass is 15.3. The molecule has 0 aliphatic carbocycles. The number of nitrogen functional groups attached to an aromatic ring is 2. The summed E-state index contributed by atoms with van der Waals surface area (Å²) >= 11 is 0. The Hall–Kier alpha value is -2.60. The number of aromatic nitrogens is 3. The second-order valence-corrected chi connectivity index (χ2v) is 8.44. The molecule has 6 heteroatoms. The van der Waals surface area contributed by atoms with Gasteiger partial charge in [-0.05, 0) is 70.5 Å². The zero-order valence-electron chi connectivity index (χ0n) is 16.3. The Balaban J connectivity index is 1.74. The summed E-state index contributed by atoms with van der Waals surface area (Å²) in [6.45, 7) is 9.05. The van der Waals surface area contributed by atoms with Gasteiger partial charge in [-0.3, -0.25) is 4.90 Å². The van der Waals surface area contributed by atoms with Crippen molar-refractivity contribution < 1.29 is 0 Å². The highest BCUT2D eigenvalue weighted by Gasteiger charge is 2.30. The molecule has 0 bridgehead atoms. The number of fused-ring (bicyclic) bond motifs is 1. The Morgan fingerprint density at radius 1 is 1.04 bits per heavy atom. The number of hydrogen-bond donors (Lipinski definition) is 2. The average Bonchev–Trinajstić information content (AvgIpc) is 3.03. The fraction of sp³-hybridized carbons (Fsp3) is 0.429. The number of rotatable bonds is 2. The van der Waals surface area contributed by atoms with Crippen molar-refractivity contribution in [1.82, 2.24) is 19.5 Å². The predicted molar refractivity (Wildman–Crippen MR) is 111 cm³/mol. The van der Waals surface area contributed by atoms with Gasteiger partial charge in [-0.2, -0.15) is 5.10 Å². The maximum atomic E-state index is 6.24. The van der Waals surface area contributed by atoms with Gasteiger partial charge in [0, 0.05) is 28.4 Å². The van der Waals surface area contributed by atoms with E-state index >= 15 is 0 Å². The Bertz CT molecular complexity index is 943. The first-order chi connectivity index (χ1) is 12.8. The molecule has 0 atom stereocenters. The Morgan fingerprint density at radius 2 is 1.70 bits per heavy atom. The summed E-state index contributed by atoms with van der Waals surface area (Å²) in [4.78, 5) is 6.79. The first-order valence-electron chi connectivity index (χ1n) is 9.57. The van der Waals surface area contributed by atoms with Gasteiger partial charge in [0.1, 0.15) is 11.8 Å². The summed E-state index contributed by atoms with van der Waals surface area (Å²) in [7, 11) is 0. The lowest BCUT2D eigenvalue weighted by Crippen LogP contribution is -2.45. The van der Waals surface area contributed by atoms with Crippen LogP contribution in [0.4, 0.5) is 11.5 Å². The summed E-state index contributed by atoms with van der Waals surface area (Å²) in [5, 5.41) is 4.54. The standard InChI is InChI=1S/C21H28N6/c1-21(2,3)26-10-8-15(9-11-26)18-12-17(14-4-6-16(22)7-5-14)19-20(23)24-13-25-27(18)19/h4-7,12-13,15H,8-11,22H2,1-3H3,(H2,23,24,25). The second kappa shape index (κ2) is 6.53. The number of nitrogens with zero attached hydrogens (tertiary/aromatic N) is 4. The number of anilines is 2. The zero-order chi connectivity index (χ0) is 19.2. The molecular weight excluding hydrogens is 336 g/mol. The van der Waals surface area contributed by atoms with Gasteiger partial charge in [-0.25, -0.2) is 9.50 Å². The molecule has 1 fully saturated rings. The predicted octanol–water partition coefficient (Wildman–Crippen LogP) is 3.54. The first kappa shape index (κ1) is 17.8. The molecule has 0 saturated carbocycles. The fourth-order valence-corrected chi connectivity index (χ4v) is 4.11. The van der Waals surface area contributed by atoms with Gasteiger partial charge < -0.3 is 11.5 Å². The van der Waals surface area contributed by atoms with Crippen LogP contribution in [0.1, 0.15) is 45.2 Å². The van der Waals surface area contributed by atoms with Gasteiger partial charge in [0.2, 0.25) is 0 Å². The number of hydrogen-bond acceptors (Lipinski definition) is 5. The highest BCUT2D eigenvalue weighted by molar-refractivity contribution is 5.88. The van der Waals surface area contributed by atoms with E-state index < -0.39 is 0 Å². The van der Waals surface area contributed by atoms with Crippen molar-refractivity contribution in [1.29, 1.82) is 0 Å². The third-order valence-corrected chi connectivity index (χ3v) is 5.69. The van der Waals surface area contributed by atoms with Gasteiger partial charge >= 0.3 is 0 Å². The molecule has 6 nitrogen and oxygen atoms in total. The van der Waals surface area contributed by atoms with E-state index in [4.69, 9.17) is 11.5 Å². The molecule has 0 radical (unpaired) electrons. The van der Waals surface area contributed by atoms with Crippen molar-refractivity contribution >= 4 is 17.0 Å². The minimum absolute atomic E-state index is 0.216. The molecular formula is C21H28N6. The molecule has 4 rings (SSSR count). The normalized spacial score (nSPS) is 16.9. The van der Waals surface area contributed by atoms with Gasteiger partial charge in [0.05, 0.1) is 0 Å². The van der Waals surface area contributed by atoms with Crippen LogP contribution >= 0.6 is 0 Å². The molecule has 3 heterocycles. The molecule has 1 aliphatic heterocycles. The van der Waals surface area contributed by atoms with Gasteiger partial charge in [-0.1, -0.05) is 12.1 Å². The lowest BCUT2D eigenvalue weighted by molar-refractivity contribution is 0.101. The van der Waals surface area contributed by atoms with Crippen LogP contribution in [-0.2, 0) is 0 Å². The summed E-state index contributed by atoms with van der Waals surface area (Å²) in [6.07, 6.45) is 3.78. The fourth-order valence-electron chi connectivity index (χ4n) is 4.11. The van der Waals surface area contributed by atoms with E-state index in [1.54, 1.807) is 6.33 Å². The molecule has 1 aliphatic rings. The minimum atomic E-state index is 0.216. The van der Waals surface area contributed by atoms with Gasteiger partial charge in [0.15, 0.2) is 5.82 Å². The number of piperidine rings is 1.